The van der Waals surface area contributed by atoms with Gasteiger partial charge in [-0.25, -0.2) is 4.79 Å². The zero-order chi connectivity index (χ0) is 9.52. The van der Waals surface area contributed by atoms with Crippen molar-refractivity contribution in [2.24, 2.45) is 4.99 Å². The van der Waals surface area contributed by atoms with E-state index < -0.39 is 0 Å². The first-order chi connectivity index (χ1) is 6.36. The van der Waals surface area contributed by atoms with Crippen LogP contribution in [0.2, 0.25) is 0 Å². The van der Waals surface area contributed by atoms with Crippen molar-refractivity contribution in [2.75, 3.05) is 12.5 Å². The van der Waals surface area contributed by atoms with Gasteiger partial charge in [0.05, 0.1) is 11.6 Å². The van der Waals surface area contributed by atoms with Crippen molar-refractivity contribution in [3.63, 3.8) is 0 Å². The molecular formula is C9H8ClNO2. The fraction of sp³-hybridized carbons (Fsp3) is 0.222. The van der Waals surface area contributed by atoms with Crippen molar-refractivity contribution in [2.45, 2.75) is 0 Å². The normalized spacial score (nSPS) is 9.00. The molecule has 0 unspecified atom stereocenters. The van der Waals surface area contributed by atoms with Crippen LogP contribution in [0.25, 0.3) is 0 Å². The van der Waals surface area contributed by atoms with E-state index in [0.717, 1.165) is 0 Å². The summed E-state index contributed by atoms with van der Waals surface area (Å²) in [7, 11) is 0. The minimum Gasteiger partial charge on any atom is -0.492 e. The van der Waals surface area contributed by atoms with Gasteiger partial charge in [0.25, 0.3) is 0 Å². The van der Waals surface area contributed by atoms with Gasteiger partial charge >= 0.3 is 0 Å². The number of benzene rings is 1. The van der Waals surface area contributed by atoms with E-state index in [2.05, 4.69) is 4.99 Å². The summed E-state index contributed by atoms with van der Waals surface area (Å²) in [6, 6.07) is 6.87. The second-order valence-corrected chi connectivity index (χ2v) is 2.62. The molecule has 68 valence electrons. The van der Waals surface area contributed by atoms with E-state index in [-0.39, 0.29) is 0 Å². The number of carbonyl (C=O) groups excluding carboxylic acids is 1. The van der Waals surface area contributed by atoms with Gasteiger partial charge in [-0.2, -0.15) is 4.99 Å². The maximum atomic E-state index is 9.95. The first kappa shape index (κ1) is 9.78. The minimum absolute atomic E-state index is 0.432. The molecule has 0 spiro atoms. The fourth-order valence-corrected chi connectivity index (χ4v) is 0.929. The Kier molecular flexibility index (Phi) is 4.03. The van der Waals surface area contributed by atoms with Gasteiger partial charge < -0.3 is 4.74 Å². The molecule has 0 atom stereocenters. The third-order valence-corrected chi connectivity index (χ3v) is 1.49. The Bertz CT molecular complexity index is 321. The SMILES string of the molecule is O=C=Nc1cccc(OCCCl)c1. The first-order valence-electron chi connectivity index (χ1n) is 3.73. The lowest BCUT2D eigenvalue weighted by Gasteiger charge is -2.02. The molecular weight excluding hydrogens is 190 g/mol. The van der Waals surface area contributed by atoms with Gasteiger partial charge in [-0.15, -0.1) is 11.6 Å². The van der Waals surface area contributed by atoms with Crippen LogP contribution >= 0.6 is 11.6 Å². The van der Waals surface area contributed by atoms with Gasteiger partial charge in [0.1, 0.15) is 12.4 Å². The van der Waals surface area contributed by atoms with Crippen LogP contribution < -0.4 is 4.74 Å². The standard InChI is InChI=1S/C9H8ClNO2/c10-4-5-13-9-3-1-2-8(6-9)11-7-12/h1-3,6H,4-5H2. The molecule has 0 bridgehead atoms. The fourth-order valence-electron chi connectivity index (χ4n) is 0.852. The predicted molar refractivity (Wildman–Crippen MR) is 50.4 cm³/mol. The van der Waals surface area contributed by atoms with Crippen LogP contribution in [-0.4, -0.2) is 18.6 Å². The average Bonchev–Trinajstić information content (AvgIpc) is 2.16. The molecule has 13 heavy (non-hydrogen) atoms. The van der Waals surface area contributed by atoms with Crippen molar-refractivity contribution in [3.8, 4) is 5.75 Å². The van der Waals surface area contributed by atoms with E-state index >= 15 is 0 Å². The Labute approximate surface area is 81.0 Å². The summed E-state index contributed by atoms with van der Waals surface area (Å²) in [6.07, 6.45) is 1.46. The second-order valence-electron chi connectivity index (χ2n) is 2.24. The number of rotatable bonds is 4. The Balaban J connectivity index is 2.73. The summed E-state index contributed by atoms with van der Waals surface area (Å²) in [6.45, 7) is 0.440. The van der Waals surface area contributed by atoms with Crippen molar-refractivity contribution in [3.05, 3.63) is 24.3 Å². The van der Waals surface area contributed by atoms with Crippen LogP contribution in [0.3, 0.4) is 0 Å². The van der Waals surface area contributed by atoms with Crippen LogP contribution in [0.15, 0.2) is 29.3 Å². The molecule has 0 aromatic heterocycles. The van der Waals surface area contributed by atoms with Gasteiger partial charge in [-0.05, 0) is 12.1 Å². The van der Waals surface area contributed by atoms with Gasteiger partial charge in [0, 0.05) is 6.07 Å². The first-order valence-corrected chi connectivity index (χ1v) is 4.27. The van der Waals surface area contributed by atoms with Gasteiger partial charge in [0.15, 0.2) is 0 Å². The number of nitrogens with zero attached hydrogens (tertiary/aromatic N) is 1. The largest absolute Gasteiger partial charge is 0.492 e. The number of isocyanates is 1. The van der Waals surface area contributed by atoms with Gasteiger partial charge in [-0.3, -0.25) is 0 Å². The second kappa shape index (κ2) is 5.36. The summed E-state index contributed by atoms with van der Waals surface area (Å²) in [5.41, 5.74) is 0.530. The average molecular weight is 198 g/mol. The van der Waals surface area contributed by atoms with Crippen molar-refractivity contribution >= 4 is 23.4 Å². The van der Waals surface area contributed by atoms with Crippen LogP contribution in [0.4, 0.5) is 5.69 Å². The third kappa shape index (κ3) is 3.28. The molecule has 1 rings (SSSR count). The summed E-state index contributed by atoms with van der Waals surface area (Å²) < 4.78 is 5.22. The highest BCUT2D eigenvalue weighted by Gasteiger charge is 1.94. The Hall–Kier alpha value is -1.31. The summed E-state index contributed by atoms with van der Waals surface area (Å²) >= 11 is 5.44. The monoisotopic (exact) mass is 197 g/mol. The number of hydrogen-bond donors (Lipinski definition) is 0. The number of ether oxygens (including phenoxy) is 1. The predicted octanol–water partition coefficient (Wildman–Crippen LogP) is 2.27. The van der Waals surface area contributed by atoms with Crippen LogP contribution in [0.1, 0.15) is 0 Å². The summed E-state index contributed by atoms with van der Waals surface area (Å²) in [5.74, 6) is 1.08. The molecule has 0 radical (unpaired) electrons. The zero-order valence-electron chi connectivity index (χ0n) is 6.87. The molecule has 0 N–H and O–H groups in total. The highest BCUT2D eigenvalue weighted by molar-refractivity contribution is 6.18. The Morgan fingerprint density at radius 3 is 3.08 bits per heavy atom. The maximum Gasteiger partial charge on any atom is 0.240 e. The molecule has 0 aliphatic heterocycles. The number of hydrogen-bond acceptors (Lipinski definition) is 3. The van der Waals surface area contributed by atoms with Crippen LogP contribution in [0.5, 0.6) is 5.75 Å². The molecule has 0 saturated heterocycles. The number of aliphatic imine (C=N–C) groups is 1. The maximum absolute atomic E-state index is 9.95. The van der Waals surface area contributed by atoms with Crippen LogP contribution in [0, 0.1) is 0 Å². The van der Waals surface area contributed by atoms with E-state index in [0.29, 0.717) is 23.9 Å². The van der Waals surface area contributed by atoms with E-state index in [9.17, 15) is 4.79 Å². The highest BCUT2D eigenvalue weighted by atomic mass is 35.5. The Morgan fingerprint density at radius 2 is 2.38 bits per heavy atom. The minimum atomic E-state index is 0.432. The van der Waals surface area contributed by atoms with Gasteiger partial charge in [0.2, 0.25) is 6.08 Å². The number of alkyl halides is 1. The molecule has 0 fully saturated rings. The molecule has 4 heteroatoms. The van der Waals surface area contributed by atoms with Gasteiger partial charge in [-0.1, -0.05) is 6.07 Å². The van der Waals surface area contributed by atoms with Crippen molar-refractivity contribution in [1.29, 1.82) is 0 Å². The van der Waals surface area contributed by atoms with Crippen molar-refractivity contribution in [1.82, 2.24) is 0 Å². The summed E-state index contributed by atoms with van der Waals surface area (Å²) in [5, 5.41) is 0. The molecule has 0 aliphatic carbocycles. The lowest BCUT2D eigenvalue weighted by molar-refractivity contribution is 0.343. The molecule has 0 amide bonds. The molecule has 0 saturated carbocycles. The molecule has 0 heterocycles. The smallest absolute Gasteiger partial charge is 0.240 e. The third-order valence-electron chi connectivity index (χ3n) is 1.34. The van der Waals surface area contributed by atoms with E-state index in [1.807, 2.05) is 0 Å². The lowest BCUT2D eigenvalue weighted by atomic mass is 10.3. The molecule has 0 aliphatic rings. The molecule has 1 aromatic rings. The quantitative estimate of drug-likeness (QED) is 0.422. The topological polar surface area (TPSA) is 38.7 Å². The lowest BCUT2D eigenvalue weighted by Crippen LogP contribution is -1.97. The highest BCUT2D eigenvalue weighted by Crippen LogP contribution is 2.19. The van der Waals surface area contributed by atoms with E-state index in [1.165, 1.54) is 6.08 Å². The van der Waals surface area contributed by atoms with Crippen molar-refractivity contribution < 1.29 is 9.53 Å². The van der Waals surface area contributed by atoms with E-state index in [4.69, 9.17) is 16.3 Å². The molecule has 3 nitrogen and oxygen atoms in total. The number of halogens is 1. The Morgan fingerprint density at radius 1 is 1.54 bits per heavy atom. The zero-order valence-corrected chi connectivity index (χ0v) is 7.62. The summed E-state index contributed by atoms with van der Waals surface area (Å²) in [4.78, 5) is 13.4. The van der Waals surface area contributed by atoms with Crippen LogP contribution in [-0.2, 0) is 4.79 Å². The van der Waals surface area contributed by atoms with E-state index in [1.54, 1.807) is 24.3 Å². The molecule has 1 aromatic carbocycles.